The minimum atomic E-state index is -0.515. The number of benzene rings is 2. The van der Waals surface area contributed by atoms with Gasteiger partial charge in [-0.05, 0) is 49.2 Å². The zero-order valence-electron chi connectivity index (χ0n) is 16.3. The first kappa shape index (κ1) is 19.8. The highest BCUT2D eigenvalue weighted by molar-refractivity contribution is 6.22. The standard InChI is InChI=1S/C22H20N2O6/c1-29-22(28)14-4-2-5-15(10-14)23-19(25)13-7-8-17-18(11-13)21(27)24(20(17)26)12-16-6-3-9-30-16/h2,4-5,7-8,10-11,16H,3,6,9,12H2,1H3,(H,23,25)/t16-/m0/s1. The molecule has 1 fully saturated rings. The molecular formula is C22H20N2O6. The van der Waals surface area contributed by atoms with Crippen molar-refractivity contribution in [3.8, 4) is 0 Å². The van der Waals surface area contributed by atoms with E-state index in [0.717, 1.165) is 12.8 Å². The van der Waals surface area contributed by atoms with Gasteiger partial charge in [0.2, 0.25) is 0 Å². The van der Waals surface area contributed by atoms with E-state index >= 15 is 0 Å². The lowest BCUT2D eigenvalue weighted by Crippen LogP contribution is -2.36. The van der Waals surface area contributed by atoms with E-state index in [1.54, 1.807) is 18.2 Å². The molecule has 2 heterocycles. The predicted molar refractivity (Wildman–Crippen MR) is 107 cm³/mol. The van der Waals surface area contributed by atoms with Crippen LogP contribution in [0.5, 0.6) is 0 Å². The molecule has 1 saturated heterocycles. The van der Waals surface area contributed by atoms with Crippen molar-refractivity contribution in [3.63, 3.8) is 0 Å². The van der Waals surface area contributed by atoms with E-state index in [1.807, 2.05) is 0 Å². The highest BCUT2D eigenvalue weighted by atomic mass is 16.5. The second-order valence-corrected chi connectivity index (χ2v) is 7.14. The van der Waals surface area contributed by atoms with Gasteiger partial charge in [0.05, 0.1) is 36.4 Å². The zero-order valence-corrected chi connectivity index (χ0v) is 16.3. The van der Waals surface area contributed by atoms with Crippen LogP contribution in [0.2, 0.25) is 0 Å². The van der Waals surface area contributed by atoms with Crippen LogP contribution in [0.25, 0.3) is 0 Å². The number of hydrogen-bond donors (Lipinski definition) is 1. The van der Waals surface area contributed by atoms with Crippen LogP contribution in [0.15, 0.2) is 42.5 Å². The number of nitrogens with zero attached hydrogens (tertiary/aromatic N) is 1. The molecule has 2 aromatic carbocycles. The Morgan fingerprint density at radius 2 is 1.90 bits per heavy atom. The first-order valence-electron chi connectivity index (χ1n) is 9.59. The summed E-state index contributed by atoms with van der Waals surface area (Å²) < 4.78 is 10.2. The quantitative estimate of drug-likeness (QED) is 0.603. The molecule has 2 aromatic rings. The van der Waals surface area contributed by atoms with E-state index in [-0.39, 0.29) is 35.2 Å². The van der Waals surface area contributed by atoms with Crippen LogP contribution in [0.1, 0.15) is 54.3 Å². The van der Waals surface area contributed by atoms with Crippen molar-refractivity contribution in [3.05, 3.63) is 64.7 Å². The van der Waals surface area contributed by atoms with Crippen molar-refractivity contribution in [1.82, 2.24) is 4.90 Å². The molecule has 0 radical (unpaired) electrons. The van der Waals surface area contributed by atoms with E-state index < -0.39 is 17.8 Å². The van der Waals surface area contributed by atoms with Gasteiger partial charge in [0.1, 0.15) is 0 Å². The second kappa shape index (κ2) is 8.08. The normalized spacial score (nSPS) is 17.8. The maximum absolute atomic E-state index is 12.7. The zero-order chi connectivity index (χ0) is 21.3. The van der Waals surface area contributed by atoms with Gasteiger partial charge in [-0.3, -0.25) is 19.3 Å². The lowest BCUT2D eigenvalue weighted by Gasteiger charge is -2.17. The van der Waals surface area contributed by atoms with Gasteiger partial charge < -0.3 is 14.8 Å². The third-order valence-electron chi connectivity index (χ3n) is 5.18. The average molecular weight is 408 g/mol. The Kier molecular flexibility index (Phi) is 5.33. The summed E-state index contributed by atoms with van der Waals surface area (Å²) in [6.07, 6.45) is 1.58. The highest BCUT2D eigenvalue weighted by Crippen LogP contribution is 2.26. The molecule has 154 valence electrons. The van der Waals surface area contributed by atoms with E-state index in [9.17, 15) is 19.2 Å². The number of methoxy groups -OCH3 is 1. The van der Waals surface area contributed by atoms with Gasteiger partial charge in [0, 0.05) is 17.9 Å². The molecule has 4 rings (SSSR count). The molecule has 8 nitrogen and oxygen atoms in total. The largest absolute Gasteiger partial charge is 0.465 e. The molecule has 3 amide bonds. The van der Waals surface area contributed by atoms with Gasteiger partial charge in [-0.2, -0.15) is 0 Å². The van der Waals surface area contributed by atoms with Gasteiger partial charge in [-0.1, -0.05) is 6.07 Å². The summed E-state index contributed by atoms with van der Waals surface area (Å²) in [6, 6.07) is 10.7. The first-order chi connectivity index (χ1) is 14.5. The van der Waals surface area contributed by atoms with Crippen LogP contribution in [-0.4, -0.2) is 55.0 Å². The fourth-order valence-electron chi connectivity index (χ4n) is 3.63. The van der Waals surface area contributed by atoms with Crippen molar-refractivity contribution < 1.29 is 28.7 Å². The maximum atomic E-state index is 12.7. The van der Waals surface area contributed by atoms with Crippen LogP contribution in [-0.2, 0) is 9.47 Å². The first-order valence-corrected chi connectivity index (χ1v) is 9.59. The van der Waals surface area contributed by atoms with Crippen LogP contribution < -0.4 is 5.32 Å². The number of anilines is 1. The molecule has 0 aromatic heterocycles. The topological polar surface area (TPSA) is 102 Å². The van der Waals surface area contributed by atoms with Crippen LogP contribution in [0.4, 0.5) is 5.69 Å². The third-order valence-corrected chi connectivity index (χ3v) is 5.18. The van der Waals surface area contributed by atoms with Crippen LogP contribution in [0.3, 0.4) is 0 Å². The number of carbonyl (C=O) groups excluding carboxylic acids is 4. The van der Waals surface area contributed by atoms with Gasteiger partial charge in [0.25, 0.3) is 17.7 Å². The summed E-state index contributed by atoms with van der Waals surface area (Å²) >= 11 is 0. The van der Waals surface area contributed by atoms with Gasteiger partial charge in [-0.25, -0.2) is 4.79 Å². The predicted octanol–water partition coefficient (Wildman–Crippen LogP) is 2.50. The highest BCUT2D eigenvalue weighted by Gasteiger charge is 2.37. The van der Waals surface area contributed by atoms with E-state index in [4.69, 9.17) is 4.74 Å². The lowest BCUT2D eigenvalue weighted by atomic mass is 10.1. The number of imide groups is 1. The number of ether oxygens (including phenoxy) is 2. The summed E-state index contributed by atoms with van der Waals surface area (Å²) in [5, 5.41) is 2.69. The van der Waals surface area contributed by atoms with Gasteiger partial charge >= 0.3 is 5.97 Å². The maximum Gasteiger partial charge on any atom is 0.337 e. The fourth-order valence-corrected chi connectivity index (χ4v) is 3.63. The minimum Gasteiger partial charge on any atom is -0.465 e. The van der Waals surface area contributed by atoms with Crippen LogP contribution >= 0.6 is 0 Å². The minimum absolute atomic E-state index is 0.142. The Balaban J connectivity index is 1.52. The average Bonchev–Trinajstić information content (AvgIpc) is 3.36. The molecule has 2 aliphatic heterocycles. The van der Waals surface area contributed by atoms with E-state index in [1.165, 1.54) is 36.3 Å². The Morgan fingerprint density at radius 3 is 2.63 bits per heavy atom. The van der Waals surface area contributed by atoms with Gasteiger partial charge in [-0.15, -0.1) is 0 Å². The van der Waals surface area contributed by atoms with E-state index in [0.29, 0.717) is 17.9 Å². The Morgan fingerprint density at radius 1 is 1.10 bits per heavy atom. The molecule has 0 bridgehead atoms. The number of esters is 1. The number of nitrogens with one attached hydrogen (secondary N) is 1. The molecule has 8 heteroatoms. The number of hydrogen-bond acceptors (Lipinski definition) is 6. The summed E-state index contributed by atoms with van der Waals surface area (Å²) in [5.74, 6) is -1.77. The van der Waals surface area contributed by atoms with Crippen molar-refractivity contribution >= 4 is 29.4 Å². The molecule has 1 N–H and O–H groups in total. The third kappa shape index (κ3) is 3.69. The summed E-state index contributed by atoms with van der Waals surface area (Å²) in [5.41, 5.74) is 1.43. The molecular weight excluding hydrogens is 388 g/mol. The van der Waals surface area contributed by atoms with E-state index in [2.05, 4.69) is 10.1 Å². The Bertz CT molecular complexity index is 1040. The number of rotatable bonds is 5. The fraction of sp³-hybridized carbons (Fsp3) is 0.273. The van der Waals surface area contributed by atoms with Crippen molar-refractivity contribution in [2.45, 2.75) is 18.9 Å². The molecule has 1 atom stereocenters. The molecule has 0 unspecified atom stereocenters. The number of carbonyl (C=O) groups is 4. The molecule has 2 aliphatic rings. The van der Waals surface area contributed by atoms with Crippen molar-refractivity contribution in [2.75, 3.05) is 25.6 Å². The summed E-state index contributed by atoms with van der Waals surface area (Å²) in [7, 11) is 1.28. The summed E-state index contributed by atoms with van der Waals surface area (Å²) in [6.45, 7) is 0.851. The molecule has 0 aliphatic carbocycles. The smallest absolute Gasteiger partial charge is 0.337 e. The molecule has 30 heavy (non-hydrogen) atoms. The molecule has 0 saturated carbocycles. The summed E-state index contributed by atoms with van der Waals surface area (Å²) in [4.78, 5) is 50.8. The van der Waals surface area contributed by atoms with Crippen molar-refractivity contribution in [1.29, 1.82) is 0 Å². The number of fused-ring (bicyclic) bond motifs is 1. The molecule has 0 spiro atoms. The Labute approximate surface area is 172 Å². The van der Waals surface area contributed by atoms with Crippen molar-refractivity contribution in [2.24, 2.45) is 0 Å². The number of amides is 3. The Hall–Kier alpha value is -3.52. The SMILES string of the molecule is COC(=O)c1cccc(NC(=O)c2ccc3c(c2)C(=O)N(C[C@@H]2CCCO2)C3=O)c1. The van der Waals surface area contributed by atoms with Crippen LogP contribution in [0, 0.1) is 0 Å². The lowest BCUT2D eigenvalue weighted by molar-refractivity contribution is 0.0475. The monoisotopic (exact) mass is 408 g/mol. The second-order valence-electron chi connectivity index (χ2n) is 7.14. The van der Waals surface area contributed by atoms with Gasteiger partial charge in [0.15, 0.2) is 0 Å².